The summed E-state index contributed by atoms with van der Waals surface area (Å²) in [5.74, 6) is -3.39. The van der Waals surface area contributed by atoms with Crippen molar-refractivity contribution < 1.29 is 22.7 Å². The van der Waals surface area contributed by atoms with Crippen molar-refractivity contribution in [2.75, 3.05) is 20.3 Å². The molecule has 1 aliphatic rings. The zero-order valence-corrected chi connectivity index (χ0v) is 16.3. The van der Waals surface area contributed by atoms with E-state index in [1.54, 1.807) is 0 Å². The Hall–Kier alpha value is -3.29. The smallest absolute Gasteiger partial charge is 0.259 e. The van der Waals surface area contributed by atoms with Gasteiger partial charge in [0, 0.05) is 19.3 Å². The van der Waals surface area contributed by atoms with Crippen molar-refractivity contribution in [3.05, 3.63) is 75.1 Å². The van der Waals surface area contributed by atoms with Crippen LogP contribution >= 0.6 is 0 Å². The lowest BCUT2D eigenvalue weighted by molar-refractivity contribution is 0.0732. The van der Waals surface area contributed by atoms with Gasteiger partial charge in [-0.15, -0.1) is 0 Å². The van der Waals surface area contributed by atoms with E-state index in [2.05, 4.69) is 0 Å². The summed E-state index contributed by atoms with van der Waals surface area (Å²) >= 11 is 0. The molecule has 1 aliphatic heterocycles. The zero-order valence-electron chi connectivity index (χ0n) is 16.3. The molecule has 0 aliphatic carbocycles. The van der Waals surface area contributed by atoms with Gasteiger partial charge in [-0.05, 0) is 23.6 Å². The molecule has 156 valence electrons. The molecular weight excluding hydrogens is 397 g/mol. The molecule has 2 heterocycles. The number of benzene rings is 2. The normalized spacial score (nSPS) is 13.4. The highest BCUT2D eigenvalue weighted by Gasteiger charge is 2.27. The van der Waals surface area contributed by atoms with Crippen LogP contribution in [0.1, 0.15) is 21.5 Å². The van der Waals surface area contributed by atoms with E-state index >= 15 is 0 Å². The van der Waals surface area contributed by atoms with Gasteiger partial charge in [-0.1, -0.05) is 24.3 Å². The summed E-state index contributed by atoms with van der Waals surface area (Å²) in [6, 6.07) is 8.52. The number of aromatic nitrogens is 1. The first kappa shape index (κ1) is 20.0. The van der Waals surface area contributed by atoms with Gasteiger partial charge in [-0.2, -0.15) is 0 Å². The van der Waals surface area contributed by atoms with Crippen molar-refractivity contribution in [2.45, 2.75) is 19.5 Å². The van der Waals surface area contributed by atoms with Gasteiger partial charge >= 0.3 is 0 Å². The van der Waals surface area contributed by atoms with Crippen molar-refractivity contribution in [1.29, 1.82) is 0 Å². The average molecular weight is 416 g/mol. The van der Waals surface area contributed by atoms with Crippen molar-refractivity contribution >= 4 is 16.8 Å². The molecule has 3 aromatic rings. The maximum absolute atomic E-state index is 14.8. The quantitative estimate of drug-likeness (QED) is 0.655. The number of hydrogen-bond acceptors (Lipinski definition) is 3. The fourth-order valence-corrected chi connectivity index (χ4v) is 3.92. The molecule has 30 heavy (non-hydrogen) atoms. The molecule has 2 aromatic carbocycles. The van der Waals surface area contributed by atoms with Crippen LogP contribution in [0.3, 0.4) is 0 Å². The minimum atomic E-state index is -1.11. The summed E-state index contributed by atoms with van der Waals surface area (Å²) in [5.41, 5.74) is 0.759. The lowest BCUT2D eigenvalue weighted by Gasteiger charge is -2.29. The Labute approximate surface area is 170 Å². The largest absolute Gasteiger partial charge is 0.491 e. The van der Waals surface area contributed by atoms with Crippen LogP contribution in [-0.2, 0) is 19.5 Å². The molecule has 1 aromatic heterocycles. The number of carbonyl (C=O) groups excluding carboxylic acids is 1. The standard InChI is InChI=1S/C22H19F3N2O3/c1-30-21-17(24)10-15-19(18(21)25)26(9-7-23)12-16(20(15)28)22(29)27-8-6-13-4-2-3-5-14(13)11-27/h2-5,10,12H,6-9,11H2,1H3. The third-order valence-corrected chi connectivity index (χ3v) is 5.39. The van der Waals surface area contributed by atoms with Crippen LogP contribution in [0.15, 0.2) is 41.3 Å². The van der Waals surface area contributed by atoms with E-state index in [4.69, 9.17) is 4.74 Å². The number of fused-ring (bicyclic) bond motifs is 2. The number of ether oxygens (including phenoxy) is 1. The molecule has 0 N–H and O–H groups in total. The molecule has 0 fully saturated rings. The first-order chi connectivity index (χ1) is 14.5. The number of hydrogen-bond donors (Lipinski definition) is 0. The molecule has 0 atom stereocenters. The van der Waals surface area contributed by atoms with Gasteiger partial charge in [-0.25, -0.2) is 13.2 Å². The number of alkyl halides is 1. The number of carbonyl (C=O) groups is 1. The van der Waals surface area contributed by atoms with Crippen molar-refractivity contribution in [1.82, 2.24) is 9.47 Å². The van der Waals surface area contributed by atoms with Gasteiger partial charge in [0.2, 0.25) is 5.43 Å². The van der Waals surface area contributed by atoms with Crippen LogP contribution in [0.25, 0.3) is 10.9 Å². The first-order valence-corrected chi connectivity index (χ1v) is 9.47. The first-order valence-electron chi connectivity index (χ1n) is 9.47. The maximum Gasteiger partial charge on any atom is 0.259 e. The molecule has 4 rings (SSSR count). The van der Waals surface area contributed by atoms with Gasteiger partial charge in [0.15, 0.2) is 17.4 Å². The SMILES string of the molecule is COc1c(F)cc2c(=O)c(C(=O)N3CCc4ccccc4C3)cn(CCF)c2c1F. The molecule has 1 amide bonds. The van der Waals surface area contributed by atoms with Crippen molar-refractivity contribution in [3.8, 4) is 5.75 Å². The van der Waals surface area contributed by atoms with E-state index in [9.17, 15) is 22.8 Å². The Morgan fingerprint density at radius 3 is 2.63 bits per heavy atom. The number of methoxy groups -OCH3 is 1. The number of nitrogens with zero attached hydrogens (tertiary/aromatic N) is 2. The van der Waals surface area contributed by atoms with Gasteiger partial charge in [0.05, 0.1) is 24.6 Å². The second-order valence-corrected chi connectivity index (χ2v) is 7.10. The Kier molecular flexibility index (Phi) is 5.24. The van der Waals surface area contributed by atoms with Crippen LogP contribution < -0.4 is 10.2 Å². The Morgan fingerprint density at radius 2 is 1.93 bits per heavy atom. The van der Waals surface area contributed by atoms with E-state index in [0.717, 1.165) is 35.1 Å². The lowest BCUT2D eigenvalue weighted by atomic mass is 9.99. The highest BCUT2D eigenvalue weighted by molar-refractivity contribution is 5.97. The number of aryl methyl sites for hydroxylation is 1. The second-order valence-electron chi connectivity index (χ2n) is 7.10. The van der Waals surface area contributed by atoms with Gasteiger partial charge < -0.3 is 14.2 Å². The van der Waals surface area contributed by atoms with E-state index in [1.165, 1.54) is 4.90 Å². The molecule has 0 spiro atoms. The topological polar surface area (TPSA) is 51.5 Å². The predicted molar refractivity (Wildman–Crippen MR) is 106 cm³/mol. The van der Waals surface area contributed by atoms with Crippen LogP contribution in [0.2, 0.25) is 0 Å². The van der Waals surface area contributed by atoms with Crippen LogP contribution in [0.4, 0.5) is 13.2 Å². The number of amides is 1. The van der Waals surface area contributed by atoms with Gasteiger partial charge in [0.25, 0.3) is 5.91 Å². The minimum Gasteiger partial charge on any atom is -0.491 e. The van der Waals surface area contributed by atoms with Crippen molar-refractivity contribution in [2.24, 2.45) is 0 Å². The third kappa shape index (κ3) is 3.22. The summed E-state index contributed by atoms with van der Waals surface area (Å²) in [4.78, 5) is 27.6. The highest BCUT2D eigenvalue weighted by atomic mass is 19.1. The Morgan fingerprint density at radius 1 is 1.20 bits per heavy atom. The van der Waals surface area contributed by atoms with E-state index in [0.29, 0.717) is 19.5 Å². The molecule has 0 saturated heterocycles. The van der Waals surface area contributed by atoms with E-state index in [-0.39, 0.29) is 23.0 Å². The molecule has 0 bridgehead atoms. The molecule has 8 heteroatoms. The maximum atomic E-state index is 14.8. The molecule has 0 unspecified atom stereocenters. The predicted octanol–water partition coefficient (Wildman–Crippen LogP) is 3.46. The third-order valence-electron chi connectivity index (χ3n) is 5.39. The highest BCUT2D eigenvalue weighted by Crippen LogP contribution is 2.29. The molecular formula is C22H19F3N2O3. The molecule has 5 nitrogen and oxygen atoms in total. The van der Waals surface area contributed by atoms with E-state index in [1.807, 2.05) is 24.3 Å². The van der Waals surface area contributed by atoms with Crippen LogP contribution in [-0.4, -0.2) is 35.7 Å². The van der Waals surface area contributed by atoms with Crippen LogP contribution in [0.5, 0.6) is 5.75 Å². The molecule has 0 saturated carbocycles. The summed E-state index contributed by atoms with van der Waals surface area (Å²) in [7, 11) is 1.09. The van der Waals surface area contributed by atoms with Crippen LogP contribution in [0, 0.1) is 11.6 Å². The zero-order chi connectivity index (χ0) is 21.4. The fraction of sp³-hybridized carbons (Fsp3) is 0.273. The number of pyridine rings is 1. The summed E-state index contributed by atoms with van der Waals surface area (Å²) in [6.45, 7) is -0.434. The van der Waals surface area contributed by atoms with Gasteiger partial charge in [-0.3, -0.25) is 9.59 Å². The molecule has 0 radical (unpaired) electrons. The summed E-state index contributed by atoms with van der Waals surface area (Å²) in [5, 5.41) is -0.331. The Bertz CT molecular complexity index is 1210. The van der Waals surface area contributed by atoms with Crippen molar-refractivity contribution in [3.63, 3.8) is 0 Å². The average Bonchev–Trinajstić information content (AvgIpc) is 2.75. The lowest BCUT2D eigenvalue weighted by Crippen LogP contribution is -2.38. The van der Waals surface area contributed by atoms with Gasteiger partial charge in [0.1, 0.15) is 12.2 Å². The fourth-order valence-electron chi connectivity index (χ4n) is 3.92. The number of halogens is 3. The summed E-state index contributed by atoms with van der Waals surface area (Å²) < 4.78 is 48.0. The van der Waals surface area contributed by atoms with E-state index < -0.39 is 35.4 Å². The minimum absolute atomic E-state index is 0.251. The Balaban J connectivity index is 1.84. The monoisotopic (exact) mass is 416 g/mol. The second kappa shape index (κ2) is 7.85. The number of rotatable bonds is 4. The summed E-state index contributed by atoms with van der Waals surface area (Å²) in [6.07, 6.45) is 1.78.